The Kier molecular flexibility index (Phi) is 4.11. The molecule has 9 heteroatoms. The van der Waals surface area contributed by atoms with Crippen molar-refractivity contribution in [3.05, 3.63) is 47.7 Å². The number of fused-ring (bicyclic) bond motifs is 3. The van der Waals surface area contributed by atoms with Crippen molar-refractivity contribution in [2.75, 3.05) is 13.2 Å². The lowest BCUT2D eigenvalue weighted by Gasteiger charge is -2.35. The highest BCUT2D eigenvalue weighted by Crippen LogP contribution is 2.61. The van der Waals surface area contributed by atoms with E-state index in [9.17, 15) is 9.90 Å². The number of urea groups is 1. The first-order chi connectivity index (χ1) is 13.6. The van der Waals surface area contributed by atoms with Crippen molar-refractivity contribution < 1.29 is 19.2 Å². The first-order valence-electron chi connectivity index (χ1n) is 9.58. The van der Waals surface area contributed by atoms with E-state index in [-0.39, 0.29) is 36.0 Å². The van der Waals surface area contributed by atoms with E-state index >= 15 is 0 Å². The fourth-order valence-electron chi connectivity index (χ4n) is 4.32. The normalized spacial score (nSPS) is 26.1. The quantitative estimate of drug-likeness (QED) is 0.774. The number of nitrogens with zero attached hydrogens (tertiary/aromatic N) is 4. The second kappa shape index (κ2) is 6.54. The Morgan fingerprint density at radius 3 is 2.82 bits per heavy atom. The lowest BCUT2D eigenvalue weighted by atomic mass is 9.85. The van der Waals surface area contributed by atoms with Crippen molar-refractivity contribution in [2.24, 2.45) is 11.1 Å². The summed E-state index contributed by atoms with van der Waals surface area (Å²) in [4.78, 5) is 20.8. The highest BCUT2D eigenvalue weighted by molar-refractivity contribution is 5.77. The number of carbonyl (C=O) groups is 1. The topological polar surface area (TPSA) is 118 Å². The molecule has 1 aromatic heterocycles. The lowest BCUT2D eigenvalue weighted by molar-refractivity contribution is -0.153. The number of piperidine rings is 1. The van der Waals surface area contributed by atoms with Crippen LogP contribution in [0.15, 0.2) is 34.7 Å². The standard InChI is InChI=1S/C19H23N5O4/c20-13(10-25)16-21-22-17(28-16)14-8-19(6-7-19)15-9-23(14)18(26)24(15)27-11-12-4-2-1-3-5-12/h1-5,13-15,25H,6-11,20H2/t13?,14-,15+/m0/s1. The average molecular weight is 385 g/mol. The number of hydroxylamine groups is 2. The lowest BCUT2D eigenvalue weighted by Crippen LogP contribution is -2.42. The Labute approximate surface area is 162 Å². The van der Waals surface area contributed by atoms with E-state index in [1.54, 1.807) is 9.96 Å². The molecule has 2 bridgehead atoms. The van der Waals surface area contributed by atoms with Gasteiger partial charge >= 0.3 is 6.03 Å². The van der Waals surface area contributed by atoms with Crippen molar-refractivity contribution >= 4 is 6.03 Å². The number of nitrogens with two attached hydrogens (primary N) is 1. The largest absolute Gasteiger partial charge is 0.421 e. The smallest absolute Gasteiger partial charge is 0.345 e. The van der Waals surface area contributed by atoms with Crippen LogP contribution in [0, 0.1) is 5.41 Å². The molecule has 1 aliphatic carbocycles. The van der Waals surface area contributed by atoms with Gasteiger partial charge in [0.05, 0.1) is 12.6 Å². The van der Waals surface area contributed by atoms with Gasteiger partial charge < -0.3 is 20.2 Å². The van der Waals surface area contributed by atoms with Gasteiger partial charge in [0, 0.05) is 6.54 Å². The van der Waals surface area contributed by atoms with E-state index < -0.39 is 6.04 Å². The van der Waals surface area contributed by atoms with Crippen LogP contribution in [-0.4, -0.2) is 50.5 Å². The van der Waals surface area contributed by atoms with Crippen molar-refractivity contribution in [1.82, 2.24) is 20.2 Å². The first kappa shape index (κ1) is 17.6. The second-order valence-corrected chi connectivity index (χ2v) is 7.89. The maximum absolute atomic E-state index is 13.1. The van der Waals surface area contributed by atoms with Crippen LogP contribution in [0.1, 0.15) is 48.7 Å². The molecular formula is C19H23N5O4. The summed E-state index contributed by atoms with van der Waals surface area (Å²) in [5, 5.41) is 18.8. The number of aliphatic hydroxyl groups excluding tert-OH is 1. The van der Waals surface area contributed by atoms with Crippen LogP contribution in [0.3, 0.4) is 0 Å². The Balaban J connectivity index is 1.37. The maximum Gasteiger partial charge on any atom is 0.345 e. The zero-order chi connectivity index (χ0) is 19.3. The fraction of sp³-hybridized carbons (Fsp3) is 0.526. The van der Waals surface area contributed by atoms with Crippen LogP contribution >= 0.6 is 0 Å². The molecule has 0 radical (unpaired) electrons. The van der Waals surface area contributed by atoms with Crippen LogP contribution in [-0.2, 0) is 11.4 Å². The molecule has 1 spiro atoms. The molecule has 1 aromatic carbocycles. The highest BCUT2D eigenvalue weighted by atomic mass is 16.7. The van der Waals surface area contributed by atoms with Gasteiger partial charge in [-0.1, -0.05) is 30.3 Å². The Morgan fingerprint density at radius 2 is 2.11 bits per heavy atom. The van der Waals surface area contributed by atoms with E-state index in [1.165, 1.54) is 0 Å². The maximum atomic E-state index is 13.1. The number of aliphatic hydroxyl groups is 1. The van der Waals surface area contributed by atoms with Crippen molar-refractivity contribution in [1.29, 1.82) is 0 Å². The van der Waals surface area contributed by atoms with E-state index in [0.717, 1.165) is 24.8 Å². The summed E-state index contributed by atoms with van der Waals surface area (Å²) >= 11 is 0. The fourth-order valence-corrected chi connectivity index (χ4v) is 4.32. The van der Waals surface area contributed by atoms with E-state index in [2.05, 4.69) is 10.2 Å². The van der Waals surface area contributed by atoms with Crippen molar-refractivity contribution in [3.63, 3.8) is 0 Å². The zero-order valence-corrected chi connectivity index (χ0v) is 15.4. The van der Waals surface area contributed by atoms with Crippen molar-refractivity contribution in [3.8, 4) is 0 Å². The van der Waals surface area contributed by atoms with Gasteiger partial charge in [-0.2, -0.15) is 5.06 Å². The van der Waals surface area contributed by atoms with Crippen LogP contribution < -0.4 is 5.73 Å². The minimum absolute atomic E-state index is 0.0394. The number of rotatable bonds is 6. The number of hydrogen-bond acceptors (Lipinski definition) is 7. The van der Waals surface area contributed by atoms with Gasteiger partial charge in [0.2, 0.25) is 11.8 Å². The average Bonchev–Trinajstić information content (AvgIpc) is 3.20. The number of benzene rings is 1. The van der Waals surface area contributed by atoms with Gasteiger partial charge in [0.25, 0.3) is 0 Å². The summed E-state index contributed by atoms with van der Waals surface area (Å²) in [5.41, 5.74) is 6.83. The van der Waals surface area contributed by atoms with Gasteiger partial charge in [0.1, 0.15) is 18.7 Å². The van der Waals surface area contributed by atoms with Crippen LogP contribution in [0.5, 0.6) is 0 Å². The molecule has 1 unspecified atom stereocenters. The predicted octanol–water partition coefficient (Wildman–Crippen LogP) is 1.52. The van der Waals surface area contributed by atoms with Gasteiger partial charge in [-0.3, -0.25) is 4.84 Å². The summed E-state index contributed by atoms with van der Waals surface area (Å²) in [7, 11) is 0. The van der Waals surface area contributed by atoms with E-state index in [0.29, 0.717) is 19.0 Å². The summed E-state index contributed by atoms with van der Waals surface area (Å²) in [6.45, 7) is 0.665. The zero-order valence-electron chi connectivity index (χ0n) is 15.4. The third kappa shape index (κ3) is 2.78. The molecule has 3 atom stereocenters. The van der Waals surface area contributed by atoms with Gasteiger partial charge in [-0.25, -0.2) is 4.79 Å². The molecule has 3 heterocycles. The molecule has 2 amide bonds. The van der Waals surface area contributed by atoms with E-state index in [4.69, 9.17) is 15.0 Å². The highest BCUT2D eigenvalue weighted by Gasteiger charge is 2.64. The molecule has 3 N–H and O–H groups in total. The molecular weight excluding hydrogens is 362 g/mol. The summed E-state index contributed by atoms with van der Waals surface area (Å²) in [6.07, 6.45) is 2.87. The minimum Gasteiger partial charge on any atom is -0.421 e. The third-order valence-electron chi connectivity index (χ3n) is 6.13. The van der Waals surface area contributed by atoms with Crippen molar-refractivity contribution in [2.45, 2.75) is 44.0 Å². The summed E-state index contributed by atoms with van der Waals surface area (Å²) < 4.78 is 5.70. The minimum atomic E-state index is -0.715. The van der Waals surface area contributed by atoms with E-state index in [1.807, 2.05) is 30.3 Å². The first-order valence-corrected chi connectivity index (χ1v) is 9.58. The molecule has 3 fully saturated rings. The number of amides is 2. The predicted molar refractivity (Wildman–Crippen MR) is 96.3 cm³/mol. The number of hydrogen-bond donors (Lipinski definition) is 2. The van der Waals surface area contributed by atoms with Crippen LogP contribution in [0.25, 0.3) is 0 Å². The Morgan fingerprint density at radius 1 is 1.32 bits per heavy atom. The molecule has 1 saturated carbocycles. The monoisotopic (exact) mass is 385 g/mol. The Hall–Kier alpha value is -2.49. The Bertz CT molecular complexity index is 868. The molecule has 2 aromatic rings. The summed E-state index contributed by atoms with van der Waals surface area (Å²) in [6, 6.07) is 8.69. The van der Waals surface area contributed by atoms with Gasteiger partial charge in [-0.05, 0) is 30.2 Å². The molecule has 3 aliphatic rings. The number of carbonyl (C=O) groups excluding carboxylic acids is 1. The SMILES string of the molecule is NC(CO)c1nnc([C@@H]2CC3(CC3)[C@H]3CN2C(=O)N3OCc2ccccc2)o1. The van der Waals surface area contributed by atoms with Gasteiger partial charge in [-0.15, -0.1) is 10.2 Å². The molecule has 5 rings (SSSR count). The second-order valence-electron chi connectivity index (χ2n) is 7.89. The molecule has 9 nitrogen and oxygen atoms in total. The molecule has 2 aliphatic heterocycles. The van der Waals surface area contributed by atoms with Crippen LogP contribution in [0.4, 0.5) is 4.79 Å². The third-order valence-corrected chi connectivity index (χ3v) is 6.13. The summed E-state index contributed by atoms with van der Waals surface area (Å²) in [5.74, 6) is 0.565. The number of aromatic nitrogens is 2. The van der Waals surface area contributed by atoms with Gasteiger partial charge in [0.15, 0.2) is 0 Å². The molecule has 148 valence electrons. The molecule has 2 saturated heterocycles. The molecule has 28 heavy (non-hydrogen) atoms. The van der Waals surface area contributed by atoms with Crippen LogP contribution in [0.2, 0.25) is 0 Å².